The Morgan fingerprint density at radius 3 is 2.64 bits per heavy atom. The summed E-state index contributed by atoms with van der Waals surface area (Å²) in [5, 5.41) is 13.5. The first-order chi connectivity index (χ1) is 13.2. The Morgan fingerprint density at radius 2 is 2.00 bits per heavy atom. The fraction of sp³-hybridized carbons (Fsp3) is 0.286. The highest BCUT2D eigenvalue weighted by Crippen LogP contribution is 2.30. The van der Waals surface area contributed by atoms with Gasteiger partial charge in [-0.15, -0.1) is 0 Å². The van der Waals surface area contributed by atoms with Crippen LogP contribution >= 0.6 is 0 Å². The highest BCUT2D eigenvalue weighted by atomic mass is 16.2. The van der Waals surface area contributed by atoms with Crippen LogP contribution in [0.3, 0.4) is 0 Å². The van der Waals surface area contributed by atoms with Gasteiger partial charge >= 0.3 is 0 Å². The zero-order valence-electron chi connectivity index (χ0n) is 16.3. The van der Waals surface area contributed by atoms with Crippen molar-refractivity contribution in [2.75, 3.05) is 4.90 Å². The minimum absolute atomic E-state index is 0.147. The van der Waals surface area contributed by atoms with Gasteiger partial charge in [-0.2, -0.15) is 10.4 Å². The number of ketones is 1. The van der Waals surface area contributed by atoms with E-state index in [1.54, 1.807) is 21.7 Å². The first kappa shape index (κ1) is 19.2. The van der Waals surface area contributed by atoms with E-state index in [1.165, 1.54) is 13.1 Å². The lowest BCUT2D eigenvalue weighted by molar-refractivity contribution is -0.126. The number of carbonyl (C=O) groups excluding carboxylic acids is 2. The van der Waals surface area contributed by atoms with Gasteiger partial charge in [-0.1, -0.05) is 12.1 Å². The van der Waals surface area contributed by atoms with E-state index in [0.717, 1.165) is 11.3 Å². The molecule has 2 heterocycles. The van der Waals surface area contributed by atoms with Crippen molar-refractivity contribution >= 4 is 23.0 Å². The smallest absolute Gasteiger partial charge is 0.234 e. The van der Waals surface area contributed by atoms with Crippen molar-refractivity contribution in [3.63, 3.8) is 0 Å². The lowest BCUT2D eigenvalue weighted by atomic mass is 10.0. The summed E-state index contributed by atoms with van der Waals surface area (Å²) in [6, 6.07) is 11.4. The van der Waals surface area contributed by atoms with Gasteiger partial charge in [-0.05, 0) is 45.9 Å². The standard InChI is InChI=1S/C21H21N5O2/c1-14(27)10-19(28)25(21(2,3)4)17-7-5-6-15(11-17)18-8-9-23-20-16(12-22)13-24-26(18)20/h5-9,11,13H,10H2,1-4H3. The number of aromatic nitrogens is 3. The summed E-state index contributed by atoms with van der Waals surface area (Å²) in [5.41, 5.74) is 2.63. The quantitative estimate of drug-likeness (QED) is 0.652. The van der Waals surface area contributed by atoms with E-state index >= 15 is 0 Å². The second kappa shape index (κ2) is 7.24. The number of benzene rings is 1. The summed E-state index contributed by atoms with van der Waals surface area (Å²) in [4.78, 5) is 30.1. The number of anilines is 1. The van der Waals surface area contributed by atoms with Crippen LogP contribution in [0.15, 0.2) is 42.7 Å². The van der Waals surface area contributed by atoms with E-state index in [0.29, 0.717) is 16.9 Å². The molecule has 7 nitrogen and oxygen atoms in total. The maximum atomic E-state index is 12.7. The summed E-state index contributed by atoms with van der Waals surface area (Å²) in [6.07, 6.45) is 2.96. The highest BCUT2D eigenvalue weighted by Gasteiger charge is 2.29. The van der Waals surface area contributed by atoms with Gasteiger partial charge in [-0.25, -0.2) is 9.50 Å². The molecule has 7 heteroatoms. The molecule has 1 amide bonds. The first-order valence-corrected chi connectivity index (χ1v) is 8.88. The molecule has 0 fully saturated rings. The van der Waals surface area contributed by atoms with E-state index < -0.39 is 5.54 Å². The van der Waals surface area contributed by atoms with Crippen molar-refractivity contribution in [2.45, 2.75) is 39.7 Å². The maximum absolute atomic E-state index is 12.7. The third-order valence-corrected chi connectivity index (χ3v) is 4.24. The lowest BCUT2D eigenvalue weighted by Gasteiger charge is -2.36. The molecule has 1 aromatic carbocycles. The Hall–Kier alpha value is -3.53. The zero-order chi connectivity index (χ0) is 20.5. The monoisotopic (exact) mass is 375 g/mol. The molecule has 0 aliphatic carbocycles. The number of hydrogen-bond acceptors (Lipinski definition) is 5. The summed E-state index contributed by atoms with van der Waals surface area (Å²) < 4.78 is 1.61. The van der Waals surface area contributed by atoms with Crippen molar-refractivity contribution in [1.82, 2.24) is 14.6 Å². The number of amides is 1. The normalized spacial score (nSPS) is 11.2. The van der Waals surface area contributed by atoms with E-state index in [2.05, 4.69) is 16.2 Å². The van der Waals surface area contributed by atoms with Crippen molar-refractivity contribution in [3.8, 4) is 17.3 Å². The molecule has 2 aromatic heterocycles. The molecule has 0 aliphatic rings. The van der Waals surface area contributed by atoms with Crippen molar-refractivity contribution in [2.24, 2.45) is 0 Å². The van der Waals surface area contributed by atoms with Crippen LogP contribution in [0, 0.1) is 11.3 Å². The summed E-state index contributed by atoms with van der Waals surface area (Å²) in [5.74, 6) is -0.422. The summed E-state index contributed by atoms with van der Waals surface area (Å²) in [7, 11) is 0. The zero-order valence-corrected chi connectivity index (χ0v) is 16.3. The summed E-state index contributed by atoms with van der Waals surface area (Å²) in [6.45, 7) is 7.19. The Kier molecular flexibility index (Phi) is 4.97. The largest absolute Gasteiger partial charge is 0.307 e. The van der Waals surface area contributed by atoms with Gasteiger partial charge in [0.15, 0.2) is 5.65 Å². The average Bonchev–Trinajstić information content (AvgIpc) is 3.03. The third-order valence-electron chi connectivity index (χ3n) is 4.24. The number of hydrogen-bond donors (Lipinski definition) is 0. The Balaban J connectivity index is 2.12. The number of rotatable bonds is 4. The molecule has 0 N–H and O–H groups in total. The number of nitrogens with zero attached hydrogens (tertiary/aromatic N) is 5. The predicted molar refractivity (Wildman–Crippen MR) is 106 cm³/mol. The SMILES string of the molecule is CC(=O)CC(=O)N(c1cccc(-c2ccnc3c(C#N)cnn23)c1)C(C)(C)C. The molecular weight excluding hydrogens is 354 g/mol. The first-order valence-electron chi connectivity index (χ1n) is 8.88. The molecule has 0 aliphatic heterocycles. The molecule has 0 bridgehead atoms. The lowest BCUT2D eigenvalue weighted by Crippen LogP contribution is -2.46. The van der Waals surface area contributed by atoms with Crippen molar-refractivity contribution in [3.05, 3.63) is 48.3 Å². The van der Waals surface area contributed by atoms with Gasteiger partial charge in [0, 0.05) is 23.0 Å². The molecule has 0 radical (unpaired) electrons. The number of fused-ring (bicyclic) bond motifs is 1. The van der Waals surface area contributed by atoms with Crippen LogP contribution < -0.4 is 4.90 Å². The van der Waals surface area contributed by atoms with E-state index in [1.807, 2.05) is 45.0 Å². The Labute approximate surface area is 163 Å². The second-order valence-corrected chi connectivity index (χ2v) is 7.56. The van der Waals surface area contributed by atoms with E-state index in [4.69, 9.17) is 0 Å². The van der Waals surface area contributed by atoms with Crippen LogP contribution in [0.2, 0.25) is 0 Å². The fourth-order valence-electron chi connectivity index (χ4n) is 3.19. The van der Waals surface area contributed by atoms with Gasteiger partial charge in [0.1, 0.15) is 17.4 Å². The van der Waals surface area contributed by atoms with Gasteiger partial charge in [0.05, 0.1) is 18.3 Å². The van der Waals surface area contributed by atoms with Crippen molar-refractivity contribution in [1.29, 1.82) is 5.26 Å². The van der Waals surface area contributed by atoms with Crippen LogP contribution in [0.25, 0.3) is 16.9 Å². The van der Waals surface area contributed by atoms with E-state index in [9.17, 15) is 14.9 Å². The maximum Gasteiger partial charge on any atom is 0.234 e. The molecule has 0 saturated carbocycles. The highest BCUT2D eigenvalue weighted by molar-refractivity contribution is 6.05. The number of Topliss-reactive ketones (excluding diaryl/α,β-unsaturated/α-hetero) is 1. The molecule has 0 atom stereocenters. The van der Waals surface area contributed by atoms with Crippen LogP contribution in [0.1, 0.15) is 39.7 Å². The van der Waals surface area contributed by atoms with Gasteiger partial charge < -0.3 is 4.90 Å². The predicted octanol–water partition coefficient (Wildman–Crippen LogP) is 3.38. The topological polar surface area (TPSA) is 91.4 Å². The number of carbonyl (C=O) groups is 2. The molecule has 0 unspecified atom stereocenters. The third kappa shape index (κ3) is 3.62. The van der Waals surface area contributed by atoms with Gasteiger partial charge in [0.2, 0.25) is 5.91 Å². The minimum Gasteiger partial charge on any atom is -0.307 e. The van der Waals surface area contributed by atoms with Crippen LogP contribution in [0.4, 0.5) is 5.69 Å². The van der Waals surface area contributed by atoms with E-state index in [-0.39, 0.29) is 18.1 Å². The number of nitriles is 1. The van der Waals surface area contributed by atoms with Crippen LogP contribution in [0.5, 0.6) is 0 Å². The van der Waals surface area contributed by atoms with Gasteiger partial charge in [0.25, 0.3) is 0 Å². The molecule has 142 valence electrons. The fourth-order valence-corrected chi connectivity index (χ4v) is 3.19. The molecular formula is C21H21N5O2. The molecule has 0 spiro atoms. The molecule has 0 saturated heterocycles. The van der Waals surface area contributed by atoms with Crippen molar-refractivity contribution < 1.29 is 9.59 Å². The van der Waals surface area contributed by atoms with Gasteiger partial charge in [-0.3, -0.25) is 9.59 Å². The molecule has 3 aromatic rings. The molecule has 3 rings (SSSR count). The Morgan fingerprint density at radius 1 is 1.25 bits per heavy atom. The minimum atomic E-state index is -0.502. The Bertz CT molecular complexity index is 1100. The molecule has 28 heavy (non-hydrogen) atoms. The summed E-state index contributed by atoms with van der Waals surface area (Å²) >= 11 is 0. The van der Waals surface area contributed by atoms with Crippen LogP contribution in [-0.2, 0) is 9.59 Å². The average molecular weight is 375 g/mol. The second-order valence-electron chi connectivity index (χ2n) is 7.56. The van der Waals surface area contributed by atoms with Crippen LogP contribution in [-0.4, -0.2) is 31.8 Å².